The molecule has 274 valence electrons. The van der Waals surface area contributed by atoms with E-state index in [9.17, 15) is 9.59 Å². The Morgan fingerprint density at radius 1 is 0.759 bits per heavy atom. The second-order valence-electron chi connectivity index (χ2n) is 15.2. The van der Waals surface area contributed by atoms with Crippen LogP contribution in [0.25, 0.3) is 44.4 Å². The molecule has 2 amide bonds. The maximum Gasteiger partial charge on any atom is 0.411 e. The lowest BCUT2D eigenvalue weighted by Crippen LogP contribution is -2.36. The molecule has 0 spiro atoms. The maximum absolute atomic E-state index is 13.0. The molecule has 10 nitrogen and oxygen atoms in total. The monoisotopic (exact) mass is 720 g/mol. The number of nitrogens with zero attached hydrogens (tertiary/aromatic N) is 4. The summed E-state index contributed by atoms with van der Waals surface area (Å²) in [5, 5.41) is 2.25. The number of H-pyrrole nitrogens is 2. The van der Waals surface area contributed by atoms with Crippen molar-refractivity contribution in [3.05, 3.63) is 133 Å². The highest BCUT2D eigenvalue weighted by Gasteiger charge is 2.37. The molecule has 2 atom stereocenters. The molecule has 2 aromatic heterocycles. The van der Waals surface area contributed by atoms with Gasteiger partial charge in [0.05, 0.1) is 35.9 Å². The van der Waals surface area contributed by atoms with Crippen molar-refractivity contribution in [3.8, 4) is 33.6 Å². The number of benzene rings is 4. The number of hydrogen-bond donors (Lipinski definition) is 2. The van der Waals surface area contributed by atoms with E-state index in [1.54, 1.807) is 9.80 Å². The van der Waals surface area contributed by atoms with Crippen LogP contribution in [0.3, 0.4) is 0 Å². The van der Waals surface area contributed by atoms with Gasteiger partial charge in [-0.25, -0.2) is 19.6 Å². The fourth-order valence-electron chi connectivity index (χ4n) is 7.37. The molecule has 0 saturated carbocycles. The van der Waals surface area contributed by atoms with Crippen molar-refractivity contribution in [2.45, 2.75) is 64.3 Å². The number of nitrogens with one attached hydrogen (secondary N) is 2. The molecular weight excluding hydrogens is 677 g/mol. The van der Waals surface area contributed by atoms with Gasteiger partial charge in [0.25, 0.3) is 0 Å². The van der Waals surface area contributed by atoms with Gasteiger partial charge in [0.15, 0.2) is 0 Å². The van der Waals surface area contributed by atoms with E-state index in [1.165, 1.54) is 0 Å². The van der Waals surface area contributed by atoms with Crippen LogP contribution in [0.1, 0.15) is 69.3 Å². The molecule has 6 aromatic rings. The van der Waals surface area contributed by atoms with E-state index in [0.29, 0.717) is 19.5 Å². The summed E-state index contributed by atoms with van der Waals surface area (Å²) in [6, 6.07) is 30.6. The molecule has 0 radical (unpaired) electrons. The van der Waals surface area contributed by atoms with Crippen molar-refractivity contribution in [2.75, 3.05) is 13.1 Å². The second-order valence-corrected chi connectivity index (χ2v) is 15.2. The topological polar surface area (TPSA) is 116 Å². The van der Waals surface area contributed by atoms with Crippen molar-refractivity contribution >= 4 is 23.0 Å². The summed E-state index contributed by atoms with van der Waals surface area (Å²) in [5.74, 6) is 1.50. The number of aromatic amines is 2. The number of fused-ring (bicyclic) bond motifs is 1. The zero-order valence-corrected chi connectivity index (χ0v) is 30.8. The van der Waals surface area contributed by atoms with E-state index in [4.69, 9.17) is 14.5 Å². The van der Waals surface area contributed by atoms with E-state index in [-0.39, 0.29) is 30.9 Å². The third-order valence-electron chi connectivity index (χ3n) is 10.1. The van der Waals surface area contributed by atoms with Crippen molar-refractivity contribution in [1.29, 1.82) is 0 Å². The first kappa shape index (κ1) is 34.9. The highest BCUT2D eigenvalue weighted by atomic mass is 16.6. The number of aromatic nitrogens is 4. The molecule has 0 aliphatic carbocycles. The van der Waals surface area contributed by atoms with Gasteiger partial charge in [-0.1, -0.05) is 91.0 Å². The first-order chi connectivity index (χ1) is 26.1. The summed E-state index contributed by atoms with van der Waals surface area (Å²) in [4.78, 5) is 45.7. The fourth-order valence-corrected chi connectivity index (χ4v) is 7.37. The molecule has 8 rings (SSSR count). The Morgan fingerprint density at radius 2 is 1.37 bits per heavy atom. The maximum atomic E-state index is 13.0. The molecule has 4 heterocycles. The van der Waals surface area contributed by atoms with E-state index in [2.05, 4.69) is 82.2 Å². The number of carbonyl (C=O) groups is 2. The lowest BCUT2D eigenvalue weighted by atomic mass is 9.98. The molecule has 2 N–H and O–H groups in total. The Bertz CT molecular complexity index is 2320. The Morgan fingerprint density at radius 3 is 2.07 bits per heavy atom. The van der Waals surface area contributed by atoms with Gasteiger partial charge in [-0.2, -0.15) is 0 Å². The van der Waals surface area contributed by atoms with Crippen molar-refractivity contribution in [3.63, 3.8) is 0 Å². The Labute approximate surface area is 314 Å². The van der Waals surface area contributed by atoms with Crippen LogP contribution in [-0.2, 0) is 16.1 Å². The zero-order valence-electron chi connectivity index (χ0n) is 30.8. The minimum absolute atomic E-state index is 0.144. The molecular formula is C44H44N6O4. The number of hydrogen-bond acceptors (Lipinski definition) is 6. The predicted octanol–water partition coefficient (Wildman–Crippen LogP) is 10.00. The Kier molecular flexibility index (Phi) is 9.27. The normalized spacial score (nSPS) is 17.4. The van der Waals surface area contributed by atoms with E-state index in [0.717, 1.165) is 80.0 Å². The van der Waals surface area contributed by atoms with E-state index >= 15 is 0 Å². The number of imidazole rings is 2. The molecule has 0 bridgehead atoms. The number of ether oxygens (including phenoxy) is 2. The zero-order chi connectivity index (χ0) is 37.4. The Hall–Kier alpha value is -6.16. The largest absolute Gasteiger partial charge is 0.445 e. The summed E-state index contributed by atoms with van der Waals surface area (Å²) in [7, 11) is 0. The van der Waals surface area contributed by atoms with Crippen LogP contribution < -0.4 is 0 Å². The average molecular weight is 721 g/mol. The van der Waals surface area contributed by atoms with Crippen LogP contribution in [0.15, 0.2) is 116 Å². The van der Waals surface area contributed by atoms with Crippen LogP contribution in [0, 0.1) is 0 Å². The van der Waals surface area contributed by atoms with Crippen molar-refractivity contribution in [2.24, 2.45) is 0 Å². The smallest absolute Gasteiger partial charge is 0.411 e. The van der Waals surface area contributed by atoms with Gasteiger partial charge in [0.1, 0.15) is 23.9 Å². The van der Waals surface area contributed by atoms with Gasteiger partial charge in [0, 0.05) is 18.7 Å². The molecule has 10 heteroatoms. The van der Waals surface area contributed by atoms with Crippen molar-refractivity contribution in [1.82, 2.24) is 29.7 Å². The summed E-state index contributed by atoms with van der Waals surface area (Å²) in [6.07, 6.45) is 5.38. The van der Waals surface area contributed by atoms with E-state index < -0.39 is 5.60 Å². The minimum atomic E-state index is -0.581. The minimum Gasteiger partial charge on any atom is -0.445 e. The van der Waals surface area contributed by atoms with Gasteiger partial charge < -0.3 is 19.4 Å². The third kappa shape index (κ3) is 7.37. The summed E-state index contributed by atoms with van der Waals surface area (Å²) in [6.45, 7) is 11.1. The molecule has 2 unspecified atom stereocenters. The number of carbonyl (C=O) groups excluding carboxylic acids is 2. The SMILES string of the molecule is C=C1CC(c2ncc(-c3ccc(-c4ccc5cc(-c6cnc(C7CCCN7C(=O)OCc7ccccc7)[nH]6)ccc5c4)cc3)[nH]2)N(C(=O)OC(C)(C)C)C1. The third-order valence-corrected chi connectivity index (χ3v) is 10.1. The summed E-state index contributed by atoms with van der Waals surface area (Å²) < 4.78 is 11.3. The summed E-state index contributed by atoms with van der Waals surface area (Å²) >= 11 is 0. The van der Waals surface area contributed by atoms with Crippen LogP contribution >= 0.6 is 0 Å². The quantitative estimate of drug-likeness (QED) is 0.159. The molecule has 4 aromatic carbocycles. The highest BCUT2D eigenvalue weighted by Crippen LogP contribution is 2.36. The van der Waals surface area contributed by atoms with Crippen LogP contribution in [0.2, 0.25) is 0 Å². The lowest BCUT2D eigenvalue weighted by Gasteiger charge is -2.27. The van der Waals surface area contributed by atoms with Gasteiger partial charge in [-0.3, -0.25) is 9.80 Å². The standard InChI is InChI=1S/C44H44N6O4/c1-28-21-39(50(26-28)43(52)54-44(2,3)4)41-46-24-36(47-41)31-14-12-30(13-15-31)32-16-17-34-23-35(19-18-33(34)22-32)37-25-45-40(48-37)38-11-8-20-49(38)42(51)53-27-29-9-6-5-7-10-29/h5-7,9-10,12-19,22-25,38-39H,1,8,11,20-21,26-27H2,2-4H3,(H,45,48)(H,46,47). The number of amides is 2. The molecule has 2 aliphatic rings. The lowest BCUT2D eigenvalue weighted by molar-refractivity contribution is 0.0221. The van der Waals surface area contributed by atoms with Gasteiger partial charge in [-0.15, -0.1) is 0 Å². The highest BCUT2D eigenvalue weighted by molar-refractivity contribution is 5.90. The van der Waals surface area contributed by atoms with Crippen LogP contribution in [0.4, 0.5) is 9.59 Å². The second kappa shape index (κ2) is 14.3. The molecule has 2 saturated heterocycles. The first-order valence-corrected chi connectivity index (χ1v) is 18.5. The van der Waals surface area contributed by atoms with Gasteiger partial charge in [-0.05, 0) is 85.2 Å². The first-order valence-electron chi connectivity index (χ1n) is 18.5. The molecule has 2 aliphatic heterocycles. The molecule has 54 heavy (non-hydrogen) atoms. The number of rotatable bonds is 7. The summed E-state index contributed by atoms with van der Waals surface area (Å²) in [5.41, 5.74) is 7.41. The fraction of sp³-hybridized carbons (Fsp3) is 0.273. The molecule has 2 fully saturated rings. The van der Waals surface area contributed by atoms with Gasteiger partial charge >= 0.3 is 12.2 Å². The van der Waals surface area contributed by atoms with Crippen molar-refractivity contribution < 1.29 is 19.1 Å². The van der Waals surface area contributed by atoms with Crippen LogP contribution in [0.5, 0.6) is 0 Å². The van der Waals surface area contributed by atoms with Gasteiger partial charge in [0.2, 0.25) is 0 Å². The van der Waals surface area contributed by atoms with Crippen LogP contribution in [-0.4, -0.2) is 60.6 Å². The average Bonchev–Trinajstić information content (AvgIpc) is 4.00. The Balaban J connectivity index is 0.935. The van der Waals surface area contributed by atoms with E-state index in [1.807, 2.05) is 63.5 Å². The number of likely N-dealkylation sites (tertiary alicyclic amines) is 2. The predicted molar refractivity (Wildman–Crippen MR) is 209 cm³/mol.